The minimum Gasteiger partial charge on any atom is -0.462 e. The minimum atomic E-state index is -0.807. The number of unbranched alkanes of at least 4 members (excludes halogenated alkanes) is 25. The maximum absolute atomic E-state index is 13.3. The van der Waals surface area contributed by atoms with Gasteiger partial charge in [-0.1, -0.05) is 254 Å². The zero-order valence-electron chi connectivity index (χ0n) is 44.7. The predicted octanol–water partition coefficient (Wildman–Crippen LogP) is 17.9. The van der Waals surface area contributed by atoms with Gasteiger partial charge in [-0.25, -0.2) is 0 Å². The molecule has 0 aromatic carbocycles. The first-order valence-corrected chi connectivity index (χ1v) is 28.8. The molecule has 1 amide bonds. The molecular weight excluding hydrogens is 839 g/mol. The van der Waals surface area contributed by atoms with Crippen LogP contribution in [-0.2, 0) is 14.3 Å². The first-order valence-electron chi connectivity index (χ1n) is 28.8. The highest BCUT2D eigenvalue weighted by atomic mass is 16.5. The summed E-state index contributed by atoms with van der Waals surface area (Å²) in [5, 5.41) is 23.9. The van der Waals surface area contributed by atoms with E-state index in [9.17, 15) is 19.8 Å². The number of hydrogen-bond donors (Lipinski definition) is 3. The van der Waals surface area contributed by atoms with Crippen LogP contribution in [0.25, 0.3) is 0 Å². The molecule has 392 valence electrons. The highest BCUT2D eigenvalue weighted by Crippen LogP contribution is 2.18. The van der Waals surface area contributed by atoms with Crippen LogP contribution in [0.1, 0.15) is 271 Å². The number of amides is 1. The maximum atomic E-state index is 13.3. The summed E-state index contributed by atoms with van der Waals surface area (Å²) in [4.78, 5) is 26.2. The molecule has 68 heavy (non-hydrogen) atoms. The summed E-state index contributed by atoms with van der Waals surface area (Å²) in [7, 11) is 0. The summed E-state index contributed by atoms with van der Waals surface area (Å²) < 4.78 is 5.91. The van der Waals surface area contributed by atoms with Crippen LogP contribution >= 0.6 is 0 Å². The zero-order chi connectivity index (χ0) is 49.5. The van der Waals surface area contributed by atoms with Crippen LogP contribution in [0.15, 0.2) is 85.1 Å². The van der Waals surface area contributed by atoms with Gasteiger partial charge in [0.1, 0.15) is 6.10 Å². The topological polar surface area (TPSA) is 95.9 Å². The molecule has 3 N–H and O–H groups in total. The van der Waals surface area contributed by atoms with Crippen molar-refractivity contribution in [1.82, 2.24) is 5.32 Å². The standard InChI is InChI=1S/C62H109NO5/c1-4-7-10-13-16-19-22-25-28-31-32-35-38-41-44-47-50-53-58(68-62(67)55-52-49-46-43-40-37-34-30-27-24-21-18-15-12-9-6-3)56-61(66)63-59(57-64)60(65)54-51-48-45-42-39-36-33-29-26-23-20-17-14-11-8-5-2/h9,12,16,18-19,21,25,27-28,30,37,40,46,49,58-60,64-65H,4-8,10-11,13-15,17,20,22-24,26,29,31-36,38-39,41-45,47-48,50-57H2,1-3H3,(H,63,66)/b12-9+,19-16-,21-18+,28-25-,30-27+,40-37+,49-46+. The second kappa shape index (κ2) is 55.0. The zero-order valence-corrected chi connectivity index (χ0v) is 44.7. The molecule has 0 saturated heterocycles. The molecule has 0 spiro atoms. The molecule has 0 radical (unpaired) electrons. The van der Waals surface area contributed by atoms with Gasteiger partial charge in [0.15, 0.2) is 0 Å². The number of ether oxygens (including phenoxy) is 1. The van der Waals surface area contributed by atoms with Gasteiger partial charge < -0.3 is 20.3 Å². The van der Waals surface area contributed by atoms with Crippen LogP contribution in [0.3, 0.4) is 0 Å². The third-order valence-corrected chi connectivity index (χ3v) is 12.7. The highest BCUT2D eigenvalue weighted by molar-refractivity contribution is 5.77. The van der Waals surface area contributed by atoms with Crippen molar-refractivity contribution in [1.29, 1.82) is 0 Å². The Hall–Kier alpha value is -2.96. The fraction of sp³-hybridized carbons (Fsp3) is 0.742. The molecular formula is C62H109NO5. The van der Waals surface area contributed by atoms with Gasteiger partial charge in [-0.15, -0.1) is 0 Å². The summed E-state index contributed by atoms with van der Waals surface area (Å²) in [5.41, 5.74) is 0. The lowest BCUT2D eigenvalue weighted by Crippen LogP contribution is -2.46. The van der Waals surface area contributed by atoms with Crippen LogP contribution in [0.2, 0.25) is 0 Å². The predicted molar refractivity (Wildman–Crippen MR) is 296 cm³/mol. The van der Waals surface area contributed by atoms with Crippen molar-refractivity contribution < 1.29 is 24.5 Å². The second-order valence-electron chi connectivity index (χ2n) is 19.3. The van der Waals surface area contributed by atoms with Crippen LogP contribution in [0.4, 0.5) is 0 Å². The number of esters is 1. The molecule has 0 saturated carbocycles. The Morgan fingerprint density at radius 2 is 0.794 bits per heavy atom. The van der Waals surface area contributed by atoms with Crippen molar-refractivity contribution in [3.63, 3.8) is 0 Å². The van der Waals surface area contributed by atoms with E-state index in [0.29, 0.717) is 19.3 Å². The number of nitrogens with one attached hydrogen (secondary N) is 1. The molecule has 0 aliphatic rings. The van der Waals surface area contributed by atoms with Crippen LogP contribution < -0.4 is 5.32 Å². The molecule has 0 aliphatic heterocycles. The van der Waals surface area contributed by atoms with Crippen molar-refractivity contribution in [2.45, 2.75) is 289 Å². The van der Waals surface area contributed by atoms with E-state index in [-0.39, 0.29) is 31.3 Å². The molecule has 3 atom stereocenters. The number of carbonyl (C=O) groups excluding carboxylic acids is 2. The van der Waals surface area contributed by atoms with E-state index >= 15 is 0 Å². The number of aliphatic hydroxyl groups excluding tert-OH is 2. The van der Waals surface area contributed by atoms with E-state index in [1.807, 2.05) is 6.08 Å². The molecule has 0 fully saturated rings. The van der Waals surface area contributed by atoms with Crippen molar-refractivity contribution in [3.05, 3.63) is 85.1 Å². The smallest absolute Gasteiger partial charge is 0.306 e. The summed E-state index contributed by atoms with van der Waals surface area (Å²) in [6.07, 6.45) is 72.2. The average Bonchev–Trinajstić information content (AvgIpc) is 3.33. The van der Waals surface area contributed by atoms with E-state index in [0.717, 1.165) is 83.5 Å². The van der Waals surface area contributed by atoms with Crippen LogP contribution in [0, 0.1) is 0 Å². The van der Waals surface area contributed by atoms with E-state index in [2.05, 4.69) is 105 Å². The first kappa shape index (κ1) is 65.0. The van der Waals surface area contributed by atoms with Crippen molar-refractivity contribution in [2.75, 3.05) is 6.61 Å². The summed E-state index contributed by atoms with van der Waals surface area (Å²) >= 11 is 0. The maximum Gasteiger partial charge on any atom is 0.306 e. The Morgan fingerprint density at radius 1 is 0.441 bits per heavy atom. The third-order valence-electron chi connectivity index (χ3n) is 12.7. The second-order valence-corrected chi connectivity index (χ2v) is 19.3. The highest BCUT2D eigenvalue weighted by Gasteiger charge is 2.24. The van der Waals surface area contributed by atoms with E-state index < -0.39 is 18.2 Å². The summed E-state index contributed by atoms with van der Waals surface area (Å²) in [6.45, 7) is 6.35. The lowest BCUT2D eigenvalue weighted by molar-refractivity contribution is -0.150. The molecule has 0 aromatic heterocycles. The Kier molecular flexibility index (Phi) is 52.6. The van der Waals surface area contributed by atoms with Crippen molar-refractivity contribution >= 4 is 11.9 Å². The van der Waals surface area contributed by atoms with E-state index in [1.165, 1.54) is 135 Å². The van der Waals surface area contributed by atoms with E-state index in [1.54, 1.807) is 0 Å². The van der Waals surface area contributed by atoms with Crippen molar-refractivity contribution in [2.24, 2.45) is 0 Å². The molecule has 0 bridgehead atoms. The van der Waals surface area contributed by atoms with Gasteiger partial charge in [0.05, 0.1) is 25.2 Å². The average molecular weight is 949 g/mol. The van der Waals surface area contributed by atoms with Gasteiger partial charge in [0, 0.05) is 6.42 Å². The minimum absolute atomic E-state index is 0.0395. The molecule has 0 rings (SSSR count). The SMILES string of the molecule is CC/C=C/C/C=C/C/C=C/C/C=C/C/C=C/CCC(=O)OC(CCCCCCCCC/C=C\C/C=C\CCCCC)CC(=O)NC(CO)C(O)CCCCCCCCCCCCCCCCCC. The Morgan fingerprint density at radius 3 is 1.24 bits per heavy atom. The van der Waals surface area contributed by atoms with Crippen LogP contribution in [0.5, 0.6) is 0 Å². The van der Waals surface area contributed by atoms with Crippen LogP contribution in [-0.4, -0.2) is 46.9 Å². The Balaban J connectivity index is 4.68. The van der Waals surface area contributed by atoms with Gasteiger partial charge in [0.2, 0.25) is 5.91 Å². The molecule has 0 aromatic rings. The van der Waals surface area contributed by atoms with Gasteiger partial charge in [-0.3, -0.25) is 9.59 Å². The number of aliphatic hydroxyl groups is 2. The summed E-state index contributed by atoms with van der Waals surface area (Å²) in [5.74, 6) is -0.578. The molecule has 0 heterocycles. The summed E-state index contributed by atoms with van der Waals surface area (Å²) in [6, 6.07) is -0.724. The van der Waals surface area contributed by atoms with Gasteiger partial charge in [-0.2, -0.15) is 0 Å². The number of hydrogen-bond acceptors (Lipinski definition) is 5. The fourth-order valence-electron chi connectivity index (χ4n) is 8.39. The Bertz CT molecular complexity index is 1290. The lowest BCUT2D eigenvalue weighted by Gasteiger charge is -2.24. The van der Waals surface area contributed by atoms with Crippen molar-refractivity contribution in [3.8, 4) is 0 Å². The molecule has 6 nitrogen and oxygen atoms in total. The number of carbonyl (C=O) groups is 2. The monoisotopic (exact) mass is 948 g/mol. The number of rotatable bonds is 51. The van der Waals surface area contributed by atoms with Gasteiger partial charge in [0.25, 0.3) is 0 Å². The molecule has 0 aliphatic carbocycles. The molecule has 3 unspecified atom stereocenters. The normalized spacial score (nSPS) is 13.8. The quantitative estimate of drug-likeness (QED) is 0.0321. The van der Waals surface area contributed by atoms with Gasteiger partial charge in [-0.05, 0) is 89.9 Å². The third kappa shape index (κ3) is 49.5. The largest absolute Gasteiger partial charge is 0.462 e. The van der Waals surface area contributed by atoms with E-state index in [4.69, 9.17) is 4.74 Å². The number of allylic oxidation sites excluding steroid dienone is 14. The lowest BCUT2D eigenvalue weighted by atomic mass is 10.0. The van der Waals surface area contributed by atoms with Gasteiger partial charge >= 0.3 is 5.97 Å². The molecule has 6 heteroatoms. The first-order chi connectivity index (χ1) is 33.5. The fourth-order valence-corrected chi connectivity index (χ4v) is 8.39. The Labute approximate surface area is 421 Å².